The van der Waals surface area contributed by atoms with E-state index in [9.17, 15) is 8.78 Å². The number of morpholine rings is 1. The van der Waals surface area contributed by atoms with Crippen LogP contribution in [0.25, 0.3) is 0 Å². The van der Waals surface area contributed by atoms with E-state index in [0.717, 1.165) is 6.54 Å². The number of alkyl halides is 2. The standard InChI is InChI=1S/C9H13F2N3O/c10-9(11)5-14-6-13-3-7(14)8-4-12-1-2-15-8/h3,6,8-9,12H,1-2,4-5H2. The SMILES string of the molecule is FC(F)Cn1cncc1C1CNCCO1. The Morgan fingerprint density at radius 2 is 2.53 bits per heavy atom. The van der Waals surface area contributed by atoms with Crippen molar-refractivity contribution in [2.24, 2.45) is 0 Å². The zero-order valence-corrected chi connectivity index (χ0v) is 8.20. The van der Waals surface area contributed by atoms with E-state index in [1.165, 1.54) is 10.9 Å². The van der Waals surface area contributed by atoms with Gasteiger partial charge in [0, 0.05) is 13.1 Å². The largest absolute Gasteiger partial charge is 0.369 e. The van der Waals surface area contributed by atoms with Gasteiger partial charge in [0.1, 0.15) is 6.10 Å². The molecule has 1 aromatic rings. The molecule has 0 aliphatic carbocycles. The Labute approximate surface area is 86.2 Å². The topological polar surface area (TPSA) is 39.1 Å². The number of halogens is 2. The Kier molecular flexibility index (Phi) is 3.27. The maximum absolute atomic E-state index is 12.2. The molecule has 0 radical (unpaired) electrons. The minimum Gasteiger partial charge on any atom is -0.369 e. The molecule has 84 valence electrons. The number of imidazole rings is 1. The van der Waals surface area contributed by atoms with Crippen molar-refractivity contribution >= 4 is 0 Å². The smallest absolute Gasteiger partial charge is 0.256 e. The van der Waals surface area contributed by atoms with E-state index in [2.05, 4.69) is 10.3 Å². The van der Waals surface area contributed by atoms with Gasteiger partial charge in [-0.05, 0) is 0 Å². The molecule has 1 N–H and O–H groups in total. The van der Waals surface area contributed by atoms with Gasteiger partial charge in [-0.15, -0.1) is 0 Å². The third-order valence-corrected chi connectivity index (χ3v) is 2.34. The van der Waals surface area contributed by atoms with Crippen LogP contribution in [0.2, 0.25) is 0 Å². The fourth-order valence-electron chi connectivity index (χ4n) is 1.66. The summed E-state index contributed by atoms with van der Waals surface area (Å²) >= 11 is 0. The van der Waals surface area contributed by atoms with Crippen molar-refractivity contribution < 1.29 is 13.5 Å². The lowest BCUT2D eigenvalue weighted by Crippen LogP contribution is -2.34. The highest BCUT2D eigenvalue weighted by Crippen LogP contribution is 2.18. The lowest BCUT2D eigenvalue weighted by molar-refractivity contribution is 0.0206. The van der Waals surface area contributed by atoms with Crippen LogP contribution in [0, 0.1) is 0 Å². The average molecular weight is 217 g/mol. The molecular formula is C9H13F2N3O. The van der Waals surface area contributed by atoms with E-state index in [1.807, 2.05) is 0 Å². The lowest BCUT2D eigenvalue weighted by Gasteiger charge is -2.24. The van der Waals surface area contributed by atoms with Crippen LogP contribution in [0.15, 0.2) is 12.5 Å². The lowest BCUT2D eigenvalue weighted by atomic mass is 10.2. The molecule has 1 unspecified atom stereocenters. The Balaban J connectivity index is 2.09. The van der Waals surface area contributed by atoms with Crippen molar-refractivity contribution in [2.45, 2.75) is 19.1 Å². The van der Waals surface area contributed by atoms with Crippen molar-refractivity contribution in [3.05, 3.63) is 18.2 Å². The third kappa shape index (κ3) is 2.51. The number of rotatable bonds is 3. The molecule has 0 spiro atoms. The third-order valence-electron chi connectivity index (χ3n) is 2.34. The fourth-order valence-corrected chi connectivity index (χ4v) is 1.66. The van der Waals surface area contributed by atoms with Gasteiger partial charge in [0.05, 0.1) is 31.4 Å². The highest BCUT2D eigenvalue weighted by Gasteiger charge is 2.20. The Hall–Kier alpha value is -1.01. The molecule has 2 rings (SSSR count). The minimum absolute atomic E-state index is 0.167. The normalized spacial score (nSPS) is 22.2. The predicted octanol–water partition coefficient (Wildman–Crippen LogP) is 0.809. The van der Waals surface area contributed by atoms with Crippen molar-refractivity contribution in [3.8, 4) is 0 Å². The first kappa shape index (κ1) is 10.5. The molecule has 0 aromatic carbocycles. The van der Waals surface area contributed by atoms with Crippen LogP contribution in [0.5, 0.6) is 0 Å². The van der Waals surface area contributed by atoms with Gasteiger partial charge in [-0.25, -0.2) is 13.8 Å². The summed E-state index contributed by atoms with van der Waals surface area (Å²) in [5.74, 6) is 0. The number of nitrogens with one attached hydrogen (secondary N) is 1. The number of nitrogens with zero attached hydrogens (tertiary/aromatic N) is 2. The predicted molar refractivity (Wildman–Crippen MR) is 49.8 cm³/mol. The van der Waals surface area contributed by atoms with Gasteiger partial charge in [0.2, 0.25) is 0 Å². The van der Waals surface area contributed by atoms with Crippen molar-refractivity contribution in [1.29, 1.82) is 0 Å². The summed E-state index contributed by atoms with van der Waals surface area (Å²) in [5.41, 5.74) is 0.711. The maximum atomic E-state index is 12.2. The highest BCUT2D eigenvalue weighted by atomic mass is 19.3. The van der Waals surface area contributed by atoms with Gasteiger partial charge >= 0.3 is 0 Å². The molecule has 0 bridgehead atoms. The first-order valence-electron chi connectivity index (χ1n) is 4.88. The molecule has 1 saturated heterocycles. The second-order valence-electron chi connectivity index (χ2n) is 3.43. The summed E-state index contributed by atoms with van der Waals surface area (Å²) in [5, 5.41) is 3.15. The number of hydrogen-bond donors (Lipinski definition) is 1. The Morgan fingerprint density at radius 3 is 3.20 bits per heavy atom. The first-order valence-corrected chi connectivity index (χ1v) is 4.88. The summed E-state index contributed by atoms with van der Waals surface area (Å²) in [6.45, 7) is 1.73. The molecule has 0 saturated carbocycles. The van der Waals surface area contributed by atoms with Crippen LogP contribution >= 0.6 is 0 Å². The van der Waals surface area contributed by atoms with Crippen LogP contribution in [0.3, 0.4) is 0 Å². The second kappa shape index (κ2) is 4.67. The van der Waals surface area contributed by atoms with Gasteiger partial charge in [-0.2, -0.15) is 0 Å². The minimum atomic E-state index is -2.37. The molecule has 1 aliphatic rings. The molecule has 1 aliphatic heterocycles. The number of hydrogen-bond acceptors (Lipinski definition) is 3. The molecule has 1 fully saturated rings. The van der Waals surface area contributed by atoms with E-state index < -0.39 is 6.43 Å². The van der Waals surface area contributed by atoms with Crippen molar-refractivity contribution in [1.82, 2.24) is 14.9 Å². The van der Waals surface area contributed by atoms with Crippen LogP contribution in [-0.2, 0) is 11.3 Å². The first-order chi connectivity index (χ1) is 7.27. The van der Waals surface area contributed by atoms with E-state index in [4.69, 9.17) is 4.74 Å². The van der Waals surface area contributed by atoms with Crippen LogP contribution in [-0.4, -0.2) is 35.7 Å². The van der Waals surface area contributed by atoms with Gasteiger partial charge in [-0.3, -0.25) is 0 Å². The van der Waals surface area contributed by atoms with Crippen LogP contribution in [0.4, 0.5) is 8.78 Å². The molecular weight excluding hydrogens is 204 g/mol. The molecule has 2 heterocycles. The Morgan fingerprint density at radius 1 is 1.67 bits per heavy atom. The monoisotopic (exact) mass is 217 g/mol. The fraction of sp³-hybridized carbons (Fsp3) is 0.667. The maximum Gasteiger partial charge on any atom is 0.256 e. The summed E-state index contributed by atoms with van der Waals surface area (Å²) in [6, 6.07) is 0. The summed E-state index contributed by atoms with van der Waals surface area (Å²) < 4.78 is 31.4. The summed E-state index contributed by atoms with van der Waals surface area (Å²) in [4.78, 5) is 3.87. The van der Waals surface area contributed by atoms with Crippen molar-refractivity contribution in [3.63, 3.8) is 0 Å². The van der Waals surface area contributed by atoms with Crippen molar-refractivity contribution in [2.75, 3.05) is 19.7 Å². The Bertz CT molecular complexity index is 310. The van der Waals surface area contributed by atoms with Gasteiger partial charge < -0.3 is 14.6 Å². The molecule has 0 amide bonds. The molecule has 4 nitrogen and oxygen atoms in total. The van der Waals surface area contributed by atoms with Crippen LogP contribution < -0.4 is 5.32 Å². The number of ether oxygens (including phenoxy) is 1. The van der Waals surface area contributed by atoms with Gasteiger partial charge in [0.15, 0.2) is 0 Å². The molecule has 1 atom stereocenters. The molecule has 6 heteroatoms. The number of aromatic nitrogens is 2. The second-order valence-corrected chi connectivity index (χ2v) is 3.43. The van der Waals surface area contributed by atoms with E-state index in [1.54, 1.807) is 6.20 Å². The summed E-state index contributed by atoms with van der Waals surface area (Å²) in [6.07, 6.45) is 0.467. The van der Waals surface area contributed by atoms with E-state index in [-0.39, 0.29) is 12.6 Å². The van der Waals surface area contributed by atoms with Crippen LogP contribution in [0.1, 0.15) is 11.8 Å². The summed E-state index contributed by atoms with van der Waals surface area (Å²) in [7, 11) is 0. The van der Waals surface area contributed by atoms with Gasteiger partial charge in [0.25, 0.3) is 6.43 Å². The zero-order valence-electron chi connectivity index (χ0n) is 8.20. The van der Waals surface area contributed by atoms with E-state index >= 15 is 0 Å². The zero-order chi connectivity index (χ0) is 10.7. The molecule has 15 heavy (non-hydrogen) atoms. The quantitative estimate of drug-likeness (QED) is 0.814. The molecule has 1 aromatic heterocycles. The highest BCUT2D eigenvalue weighted by molar-refractivity contribution is 5.04. The van der Waals surface area contributed by atoms with E-state index in [0.29, 0.717) is 18.8 Å². The van der Waals surface area contributed by atoms with Gasteiger partial charge in [-0.1, -0.05) is 0 Å². The average Bonchev–Trinajstić information content (AvgIpc) is 2.66.